The summed E-state index contributed by atoms with van der Waals surface area (Å²) < 4.78 is 13.0. The Balaban J connectivity index is 1.66. The average Bonchev–Trinajstić information content (AvgIpc) is 2.93. The van der Waals surface area contributed by atoms with Gasteiger partial charge in [-0.2, -0.15) is 9.78 Å². The summed E-state index contributed by atoms with van der Waals surface area (Å²) in [6, 6.07) is 14.3. The number of carbonyl (C=O) groups excluding carboxylic acids is 1. The second-order valence-electron chi connectivity index (χ2n) is 8.31. The van der Waals surface area contributed by atoms with E-state index in [-0.39, 0.29) is 29.2 Å². The number of rotatable bonds is 10. The van der Waals surface area contributed by atoms with Gasteiger partial charge in [-0.1, -0.05) is 34.5 Å². The summed E-state index contributed by atoms with van der Waals surface area (Å²) in [5.41, 5.74) is 0.478. The number of benzene rings is 3. The van der Waals surface area contributed by atoms with Crippen molar-refractivity contribution in [2.45, 2.75) is 20.3 Å². The lowest BCUT2D eigenvalue weighted by atomic mass is 10.2. The van der Waals surface area contributed by atoms with Crippen LogP contribution in [0.25, 0.3) is 10.9 Å². The Bertz CT molecular complexity index is 1670. The number of hydrogen-bond acceptors (Lipinski definition) is 8. The third-order valence-corrected chi connectivity index (χ3v) is 6.29. The van der Waals surface area contributed by atoms with Crippen LogP contribution in [0.4, 0.5) is 11.4 Å². The molecule has 3 aromatic carbocycles. The molecule has 0 unspecified atom stereocenters. The van der Waals surface area contributed by atoms with Gasteiger partial charge in [0.05, 0.1) is 28.6 Å². The maximum Gasteiger partial charge on any atom is 0.315 e. The van der Waals surface area contributed by atoms with Gasteiger partial charge in [0.25, 0.3) is 11.5 Å². The van der Waals surface area contributed by atoms with E-state index in [1.54, 1.807) is 49.4 Å². The van der Waals surface area contributed by atoms with Gasteiger partial charge >= 0.3 is 5.69 Å². The van der Waals surface area contributed by atoms with Crippen molar-refractivity contribution in [1.82, 2.24) is 9.66 Å². The zero-order valence-electron chi connectivity index (χ0n) is 21.4. The van der Waals surface area contributed by atoms with Crippen LogP contribution in [-0.4, -0.2) is 39.9 Å². The summed E-state index contributed by atoms with van der Waals surface area (Å²) in [4.78, 5) is 41.4. The number of nitro groups is 1. The first-order valence-corrected chi connectivity index (χ1v) is 13.3. The van der Waals surface area contributed by atoms with E-state index < -0.39 is 23.1 Å². The molecule has 4 aromatic rings. The number of amides is 1. The zero-order chi connectivity index (χ0) is 28.8. The first-order valence-electron chi connectivity index (χ1n) is 12.1. The van der Waals surface area contributed by atoms with Crippen LogP contribution in [0.3, 0.4) is 0 Å². The predicted octanol–water partition coefficient (Wildman–Crippen LogP) is 5.58. The number of aryl methyl sites for hydroxylation is 1. The van der Waals surface area contributed by atoms with Crippen molar-refractivity contribution in [1.29, 1.82) is 0 Å². The Morgan fingerprint density at radius 2 is 1.93 bits per heavy atom. The molecular weight excluding hydrogens is 606 g/mol. The monoisotopic (exact) mass is 627 g/mol. The Morgan fingerprint density at radius 1 is 1.18 bits per heavy atom. The van der Waals surface area contributed by atoms with Crippen LogP contribution in [0.5, 0.6) is 11.5 Å². The number of hydrogen-bond donors (Lipinski definition) is 1. The highest BCUT2D eigenvalue weighted by Crippen LogP contribution is 2.38. The molecule has 13 heteroatoms. The van der Waals surface area contributed by atoms with Gasteiger partial charge < -0.3 is 14.8 Å². The number of nitrogens with one attached hydrogen (secondary N) is 1. The van der Waals surface area contributed by atoms with Crippen LogP contribution in [-0.2, 0) is 11.2 Å². The lowest BCUT2D eigenvalue weighted by Crippen LogP contribution is -2.22. The lowest BCUT2D eigenvalue weighted by molar-refractivity contribution is -0.385. The van der Waals surface area contributed by atoms with Crippen LogP contribution in [0.2, 0.25) is 5.02 Å². The third-order valence-electron chi connectivity index (χ3n) is 5.54. The SMILES string of the molecule is CCOc1cc(C=Nn2c(CC)nc3ccc(Br)cc3c2=O)cc([N+](=O)[O-])c1OCC(=O)Nc1ccc(Cl)cc1. The van der Waals surface area contributed by atoms with E-state index in [4.69, 9.17) is 21.1 Å². The van der Waals surface area contributed by atoms with E-state index in [1.807, 2.05) is 6.92 Å². The summed E-state index contributed by atoms with van der Waals surface area (Å²) in [6.45, 7) is 3.21. The van der Waals surface area contributed by atoms with Gasteiger partial charge in [0.15, 0.2) is 12.4 Å². The second-order valence-corrected chi connectivity index (χ2v) is 9.66. The van der Waals surface area contributed by atoms with E-state index in [0.717, 1.165) is 4.68 Å². The standard InChI is InChI=1S/C27H23BrClN5O6/c1-3-24-32-21-10-5-17(28)13-20(21)27(36)33(24)30-14-16-11-22(34(37)38)26(23(12-16)39-4-2)40-15-25(35)31-19-8-6-18(29)7-9-19/h5-14H,3-4,15H2,1-2H3,(H,31,35). The van der Waals surface area contributed by atoms with Crippen molar-refractivity contribution in [2.24, 2.45) is 5.10 Å². The van der Waals surface area contributed by atoms with Crippen molar-refractivity contribution in [3.05, 3.63) is 95.9 Å². The van der Waals surface area contributed by atoms with Gasteiger partial charge in [-0.05, 0) is 55.5 Å². The van der Waals surface area contributed by atoms with E-state index in [0.29, 0.717) is 38.3 Å². The first kappa shape index (κ1) is 28.7. The third kappa shape index (κ3) is 6.64. The molecular formula is C27H23BrClN5O6. The van der Waals surface area contributed by atoms with Crippen molar-refractivity contribution >= 4 is 61.9 Å². The van der Waals surface area contributed by atoms with Crippen LogP contribution < -0.4 is 20.3 Å². The number of nitrogens with zero attached hydrogens (tertiary/aromatic N) is 4. The van der Waals surface area contributed by atoms with Crippen LogP contribution in [0.1, 0.15) is 25.2 Å². The highest BCUT2D eigenvalue weighted by molar-refractivity contribution is 9.10. The largest absolute Gasteiger partial charge is 0.490 e. The van der Waals surface area contributed by atoms with Crippen molar-refractivity contribution in [3.8, 4) is 11.5 Å². The topological polar surface area (TPSA) is 138 Å². The maximum absolute atomic E-state index is 13.2. The molecule has 11 nitrogen and oxygen atoms in total. The zero-order valence-corrected chi connectivity index (χ0v) is 23.7. The van der Waals surface area contributed by atoms with Crippen LogP contribution in [0.15, 0.2) is 69.0 Å². The molecule has 0 fully saturated rings. The summed E-state index contributed by atoms with van der Waals surface area (Å²) in [5, 5.41) is 19.7. The number of ether oxygens (including phenoxy) is 2. The van der Waals surface area contributed by atoms with Gasteiger partial charge in [0.2, 0.25) is 5.75 Å². The fraction of sp³-hybridized carbons (Fsp3) is 0.185. The molecule has 1 amide bonds. The minimum absolute atomic E-state index is 0.0427. The number of anilines is 1. The molecule has 1 aromatic heterocycles. The molecule has 0 saturated heterocycles. The highest BCUT2D eigenvalue weighted by atomic mass is 79.9. The van der Waals surface area contributed by atoms with E-state index in [1.165, 1.54) is 18.3 Å². The van der Waals surface area contributed by atoms with E-state index in [2.05, 4.69) is 31.3 Å². The normalized spacial score (nSPS) is 11.1. The quantitative estimate of drug-likeness (QED) is 0.137. The van der Waals surface area contributed by atoms with Gasteiger partial charge in [0.1, 0.15) is 5.82 Å². The molecule has 0 aliphatic carbocycles. The summed E-state index contributed by atoms with van der Waals surface area (Å²) in [5.74, 6) is -0.283. The van der Waals surface area contributed by atoms with Crippen molar-refractivity contribution < 1.29 is 19.2 Å². The van der Waals surface area contributed by atoms with Crippen molar-refractivity contribution in [2.75, 3.05) is 18.5 Å². The molecule has 0 aliphatic heterocycles. The molecule has 0 spiro atoms. The Labute approximate surface area is 241 Å². The molecule has 0 radical (unpaired) electrons. The van der Waals surface area contributed by atoms with Gasteiger partial charge in [-0.15, -0.1) is 0 Å². The predicted molar refractivity (Wildman–Crippen MR) is 156 cm³/mol. The van der Waals surface area contributed by atoms with Gasteiger partial charge in [-0.25, -0.2) is 4.98 Å². The number of fused-ring (bicyclic) bond motifs is 1. The summed E-state index contributed by atoms with van der Waals surface area (Å²) >= 11 is 9.22. The molecule has 1 heterocycles. The van der Waals surface area contributed by atoms with Gasteiger partial charge in [-0.3, -0.25) is 19.7 Å². The van der Waals surface area contributed by atoms with E-state index >= 15 is 0 Å². The molecule has 0 aliphatic rings. The minimum Gasteiger partial charge on any atom is -0.490 e. The smallest absolute Gasteiger partial charge is 0.315 e. The fourth-order valence-corrected chi connectivity index (χ4v) is 4.25. The van der Waals surface area contributed by atoms with Crippen LogP contribution in [0, 0.1) is 10.1 Å². The highest BCUT2D eigenvalue weighted by Gasteiger charge is 2.23. The van der Waals surface area contributed by atoms with Crippen molar-refractivity contribution in [3.63, 3.8) is 0 Å². The van der Waals surface area contributed by atoms with Crippen LogP contribution >= 0.6 is 27.5 Å². The Kier molecular flexibility index (Phi) is 9.12. The number of carbonyl (C=O) groups is 1. The number of nitro benzene ring substituents is 1. The fourth-order valence-electron chi connectivity index (χ4n) is 3.76. The molecule has 0 atom stereocenters. The minimum atomic E-state index is -0.648. The molecule has 206 valence electrons. The maximum atomic E-state index is 13.2. The van der Waals surface area contributed by atoms with Gasteiger partial charge in [0, 0.05) is 33.2 Å². The second kappa shape index (κ2) is 12.7. The van der Waals surface area contributed by atoms with E-state index in [9.17, 15) is 19.7 Å². The summed E-state index contributed by atoms with van der Waals surface area (Å²) in [7, 11) is 0. The Morgan fingerprint density at radius 3 is 2.60 bits per heavy atom. The molecule has 0 saturated carbocycles. The number of aromatic nitrogens is 2. The summed E-state index contributed by atoms with van der Waals surface area (Å²) in [6.07, 6.45) is 1.73. The lowest BCUT2D eigenvalue weighted by Gasteiger charge is -2.13. The molecule has 4 rings (SSSR count). The molecule has 1 N–H and O–H groups in total. The average molecular weight is 629 g/mol. The first-order chi connectivity index (χ1) is 19.2. The molecule has 40 heavy (non-hydrogen) atoms. The Hall–Kier alpha value is -4.29. The number of halogens is 2. The molecule has 0 bridgehead atoms.